The van der Waals surface area contributed by atoms with E-state index in [1.165, 1.54) is 18.2 Å². The summed E-state index contributed by atoms with van der Waals surface area (Å²) in [5, 5.41) is 0. The maximum absolute atomic E-state index is 13.7. The number of aryl methyl sites for hydroxylation is 1. The Balaban J connectivity index is 1.76. The van der Waals surface area contributed by atoms with Crippen molar-refractivity contribution in [3.8, 4) is 0 Å². The SMILES string of the molecule is Fc1ccc(CN2CCCn3cccc3C2c2cccc(C(F)(F)F)c2)cc1F. The molecule has 1 aliphatic heterocycles. The normalized spacial score (nSPS) is 17.8. The number of halogens is 5. The third-order valence-electron chi connectivity index (χ3n) is 5.25. The number of hydrogen-bond donors (Lipinski definition) is 0. The first-order valence-electron chi connectivity index (χ1n) is 9.33. The third kappa shape index (κ3) is 4.05. The minimum absolute atomic E-state index is 0.295. The van der Waals surface area contributed by atoms with Gasteiger partial charge in [0, 0.05) is 31.5 Å². The lowest BCUT2D eigenvalue weighted by molar-refractivity contribution is -0.137. The molecule has 0 aliphatic carbocycles. The lowest BCUT2D eigenvalue weighted by Crippen LogP contribution is -2.29. The zero-order chi connectivity index (χ0) is 20.6. The molecule has 1 aliphatic rings. The van der Waals surface area contributed by atoms with Crippen LogP contribution in [0.3, 0.4) is 0 Å². The average molecular weight is 406 g/mol. The molecule has 2 aromatic carbocycles. The molecule has 4 rings (SSSR count). The molecule has 0 N–H and O–H groups in total. The molecular weight excluding hydrogens is 387 g/mol. The quantitative estimate of drug-likeness (QED) is 0.501. The molecule has 2 nitrogen and oxygen atoms in total. The highest BCUT2D eigenvalue weighted by Gasteiger charge is 2.33. The van der Waals surface area contributed by atoms with Crippen molar-refractivity contribution in [1.29, 1.82) is 0 Å². The van der Waals surface area contributed by atoms with Crippen molar-refractivity contribution < 1.29 is 22.0 Å². The minimum atomic E-state index is -4.44. The Morgan fingerprint density at radius 3 is 2.48 bits per heavy atom. The Bertz CT molecular complexity index is 1010. The van der Waals surface area contributed by atoms with Crippen molar-refractivity contribution in [1.82, 2.24) is 9.47 Å². The predicted molar refractivity (Wildman–Crippen MR) is 99.1 cm³/mol. The van der Waals surface area contributed by atoms with Crippen LogP contribution >= 0.6 is 0 Å². The fraction of sp³-hybridized carbons (Fsp3) is 0.273. The molecule has 1 atom stereocenters. The number of nitrogens with zero attached hydrogens (tertiary/aromatic N) is 2. The second-order valence-electron chi connectivity index (χ2n) is 7.22. The molecule has 7 heteroatoms. The Hall–Kier alpha value is -2.67. The molecular formula is C22H19F5N2. The molecule has 1 unspecified atom stereocenters. The highest BCUT2D eigenvalue weighted by atomic mass is 19.4. The van der Waals surface area contributed by atoms with Crippen LogP contribution in [0.1, 0.15) is 34.8 Å². The van der Waals surface area contributed by atoms with Gasteiger partial charge in [-0.25, -0.2) is 8.78 Å². The molecule has 0 fully saturated rings. The Morgan fingerprint density at radius 1 is 0.897 bits per heavy atom. The van der Waals surface area contributed by atoms with Gasteiger partial charge in [-0.2, -0.15) is 13.2 Å². The molecule has 0 radical (unpaired) electrons. The van der Waals surface area contributed by atoms with Gasteiger partial charge in [-0.3, -0.25) is 4.90 Å². The van der Waals surface area contributed by atoms with E-state index in [1.807, 2.05) is 27.8 Å². The largest absolute Gasteiger partial charge is 0.416 e. The summed E-state index contributed by atoms with van der Waals surface area (Å²) in [7, 11) is 0. The van der Waals surface area contributed by atoms with Gasteiger partial charge < -0.3 is 4.57 Å². The van der Waals surface area contributed by atoms with Gasteiger partial charge >= 0.3 is 6.18 Å². The highest BCUT2D eigenvalue weighted by Crippen LogP contribution is 2.36. The first-order chi connectivity index (χ1) is 13.8. The van der Waals surface area contributed by atoms with Crippen LogP contribution in [-0.2, 0) is 19.3 Å². The van der Waals surface area contributed by atoms with E-state index in [4.69, 9.17) is 0 Å². The minimum Gasteiger partial charge on any atom is -0.350 e. The Kier molecular flexibility index (Phi) is 5.17. The summed E-state index contributed by atoms with van der Waals surface area (Å²) in [4.78, 5) is 2.01. The maximum atomic E-state index is 13.7. The summed E-state index contributed by atoms with van der Waals surface area (Å²) in [5.74, 6) is -1.86. The zero-order valence-corrected chi connectivity index (χ0v) is 15.5. The fourth-order valence-corrected chi connectivity index (χ4v) is 3.95. The highest BCUT2D eigenvalue weighted by molar-refractivity contribution is 5.34. The lowest BCUT2D eigenvalue weighted by atomic mass is 9.98. The van der Waals surface area contributed by atoms with Gasteiger partial charge in [-0.1, -0.05) is 18.2 Å². The van der Waals surface area contributed by atoms with Crippen LogP contribution in [0.25, 0.3) is 0 Å². The smallest absolute Gasteiger partial charge is 0.350 e. The summed E-state index contributed by atoms with van der Waals surface area (Å²) in [5.41, 5.74) is 1.26. The van der Waals surface area contributed by atoms with Crippen molar-refractivity contribution in [2.45, 2.75) is 31.7 Å². The standard InChI is InChI=1S/C22H19F5N2/c23-18-8-7-15(12-19(18)24)14-29-11-3-10-28-9-2-6-20(28)21(29)16-4-1-5-17(13-16)22(25,26)27/h1-2,4-9,12-13,21H,3,10-11,14H2. The number of alkyl halides is 3. The number of benzene rings is 2. The number of aromatic nitrogens is 1. The van der Waals surface area contributed by atoms with Crippen LogP contribution < -0.4 is 0 Å². The van der Waals surface area contributed by atoms with Gasteiger partial charge in [0.2, 0.25) is 0 Å². The molecule has 152 valence electrons. The third-order valence-corrected chi connectivity index (χ3v) is 5.25. The molecule has 3 aromatic rings. The second kappa shape index (κ2) is 7.63. The molecule has 0 amide bonds. The maximum Gasteiger partial charge on any atom is 0.416 e. The molecule has 0 saturated carbocycles. The van der Waals surface area contributed by atoms with Gasteiger partial charge in [-0.05, 0) is 53.9 Å². The summed E-state index contributed by atoms with van der Waals surface area (Å²) in [6.07, 6.45) is -1.73. The first-order valence-corrected chi connectivity index (χ1v) is 9.33. The number of rotatable bonds is 3. The van der Waals surface area contributed by atoms with Gasteiger partial charge in [0.05, 0.1) is 11.6 Å². The fourth-order valence-electron chi connectivity index (χ4n) is 3.95. The number of fused-ring (bicyclic) bond motifs is 1. The topological polar surface area (TPSA) is 8.17 Å². The van der Waals surface area contributed by atoms with Crippen molar-refractivity contribution in [3.05, 3.63) is 94.8 Å². The Morgan fingerprint density at radius 2 is 1.72 bits per heavy atom. The van der Waals surface area contributed by atoms with Gasteiger partial charge in [0.1, 0.15) is 0 Å². The van der Waals surface area contributed by atoms with E-state index in [0.717, 1.165) is 36.9 Å². The number of hydrogen-bond acceptors (Lipinski definition) is 1. The van der Waals surface area contributed by atoms with Gasteiger partial charge in [0.15, 0.2) is 11.6 Å². The van der Waals surface area contributed by atoms with E-state index >= 15 is 0 Å². The monoisotopic (exact) mass is 406 g/mol. The van der Waals surface area contributed by atoms with E-state index < -0.39 is 29.4 Å². The van der Waals surface area contributed by atoms with Gasteiger partial charge in [0.25, 0.3) is 0 Å². The molecule has 0 spiro atoms. The van der Waals surface area contributed by atoms with Crippen molar-refractivity contribution in [3.63, 3.8) is 0 Å². The van der Waals surface area contributed by atoms with Crippen molar-refractivity contribution in [2.75, 3.05) is 6.54 Å². The van der Waals surface area contributed by atoms with Crippen LogP contribution in [0, 0.1) is 11.6 Å². The summed E-state index contributed by atoms with van der Waals surface area (Å²) < 4.78 is 68.9. The predicted octanol–water partition coefficient (Wildman–Crippen LogP) is 5.78. The molecule has 29 heavy (non-hydrogen) atoms. The van der Waals surface area contributed by atoms with E-state index in [1.54, 1.807) is 6.07 Å². The van der Waals surface area contributed by atoms with E-state index in [2.05, 4.69) is 0 Å². The van der Waals surface area contributed by atoms with Crippen LogP contribution in [0.4, 0.5) is 22.0 Å². The Labute approximate surface area is 165 Å². The van der Waals surface area contributed by atoms with Crippen LogP contribution in [-0.4, -0.2) is 16.0 Å². The van der Waals surface area contributed by atoms with E-state index in [9.17, 15) is 22.0 Å². The first kappa shape index (κ1) is 19.6. The zero-order valence-electron chi connectivity index (χ0n) is 15.5. The average Bonchev–Trinajstić information content (AvgIpc) is 3.06. The summed E-state index contributed by atoms with van der Waals surface area (Å²) in [6.45, 7) is 1.65. The van der Waals surface area contributed by atoms with Gasteiger partial charge in [-0.15, -0.1) is 0 Å². The second-order valence-corrected chi connectivity index (χ2v) is 7.22. The van der Waals surface area contributed by atoms with E-state index in [-0.39, 0.29) is 0 Å². The summed E-state index contributed by atoms with van der Waals surface area (Å²) >= 11 is 0. The van der Waals surface area contributed by atoms with Crippen LogP contribution in [0.5, 0.6) is 0 Å². The molecule has 0 bridgehead atoms. The van der Waals surface area contributed by atoms with Crippen molar-refractivity contribution >= 4 is 0 Å². The van der Waals surface area contributed by atoms with Crippen LogP contribution in [0.15, 0.2) is 60.8 Å². The van der Waals surface area contributed by atoms with E-state index in [0.29, 0.717) is 24.2 Å². The van der Waals surface area contributed by atoms with Crippen molar-refractivity contribution in [2.24, 2.45) is 0 Å². The summed E-state index contributed by atoms with van der Waals surface area (Å²) in [6, 6.07) is 12.4. The van der Waals surface area contributed by atoms with Crippen LogP contribution in [0.2, 0.25) is 0 Å². The molecule has 0 saturated heterocycles. The lowest BCUT2D eigenvalue weighted by Gasteiger charge is -2.31. The molecule has 2 heterocycles. The molecule has 1 aromatic heterocycles.